The smallest absolute Gasteiger partial charge is 0.0934 e. The number of nitrogens with one attached hydrogen (secondary N) is 1. The summed E-state index contributed by atoms with van der Waals surface area (Å²) < 4.78 is 0. The van der Waals surface area contributed by atoms with E-state index in [1.807, 2.05) is 11.3 Å². The molecule has 2 aromatic rings. The minimum atomic E-state index is 0.773. The monoisotopic (exact) mass is 286 g/mol. The Labute approximate surface area is 125 Å². The highest BCUT2D eigenvalue weighted by Gasteiger charge is 2.21. The average molecular weight is 286 g/mol. The molecule has 0 radical (unpaired) electrons. The Hall–Kier alpha value is -1.19. The van der Waals surface area contributed by atoms with Crippen molar-refractivity contribution < 1.29 is 0 Å². The molecule has 1 aromatic heterocycles. The summed E-state index contributed by atoms with van der Waals surface area (Å²) in [7, 11) is 0. The van der Waals surface area contributed by atoms with Gasteiger partial charge in [0.2, 0.25) is 0 Å². The molecule has 1 aromatic carbocycles. The average Bonchev–Trinajstić information content (AvgIpc) is 3.24. The molecular formula is C17H22N2S. The van der Waals surface area contributed by atoms with Crippen molar-refractivity contribution >= 4 is 11.3 Å². The second-order valence-corrected chi connectivity index (χ2v) is 6.64. The summed E-state index contributed by atoms with van der Waals surface area (Å²) in [5.41, 5.74) is 2.70. The number of nitrogens with zero attached hydrogens (tertiary/aromatic N) is 1. The van der Waals surface area contributed by atoms with Gasteiger partial charge in [-0.1, -0.05) is 37.3 Å². The van der Waals surface area contributed by atoms with E-state index in [1.54, 1.807) is 0 Å². The topological polar surface area (TPSA) is 24.9 Å². The highest BCUT2D eigenvalue weighted by Crippen LogP contribution is 2.24. The first kappa shape index (κ1) is 13.8. The van der Waals surface area contributed by atoms with Crippen LogP contribution < -0.4 is 5.32 Å². The highest BCUT2D eigenvalue weighted by molar-refractivity contribution is 7.11. The summed E-state index contributed by atoms with van der Waals surface area (Å²) in [5.74, 6) is 0. The molecule has 3 heteroatoms. The Balaban J connectivity index is 1.60. The zero-order valence-corrected chi connectivity index (χ0v) is 12.9. The number of thiazole rings is 1. The van der Waals surface area contributed by atoms with Crippen LogP contribution >= 0.6 is 11.3 Å². The minimum Gasteiger partial charge on any atom is -0.309 e. The van der Waals surface area contributed by atoms with Crippen LogP contribution in [0.5, 0.6) is 0 Å². The van der Waals surface area contributed by atoms with Gasteiger partial charge in [0.25, 0.3) is 0 Å². The van der Waals surface area contributed by atoms with Crippen molar-refractivity contribution in [1.82, 2.24) is 10.3 Å². The lowest BCUT2D eigenvalue weighted by Gasteiger charge is -2.00. The standard InChI is InChI=1S/C17H22N2S/c1-2-15-16(12-18-14-9-10-14)20-17(19-15)11-8-13-6-4-3-5-7-13/h3-7,14,18H,2,8-12H2,1H3. The van der Waals surface area contributed by atoms with Crippen LogP contribution in [0.3, 0.4) is 0 Å². The van der Waals surface area contributed by atoms with E-state index in [1.165, 1.54) is 34.0 Å². The summed E-state index contributed by atoms with van der Waals surface area (Å²) in [4.78, 5) is 6.27. The largest absolute Gasteiger partial charge is 0.309 e. The Morgan fingerprint density at radius 3 is 2.70 bits per heavy atom. The van der Waals surface area contributed by atoms with Crippen LogP contribution in [0.1, 0.15) is 40.9 Å². The van der Waals surface area contributed by atoms with E-state index in [2.05, 4.69) is 42.6 Å². The van der Waals surface area contributed by atoms with Crippen molar-refractivity contribution in [2.45, 2.75) is 51.6 Å². The molecule has 0 saturated heterocycles. The molecule has 0 bridgehead atoms. The van der Waals surface area contributed by atoms with Crippen molar-refractivity contribution in [2.24, 2.45) is 0 Å². The molecule has 1 heterocycles. The number of hydrogen-bond donors (Lipinski definition) is 1. The molecule has 3 rings (SSSR count). The molecule has 1 aliphatic carbocycles. The fourth-order valence-electron chi connectivity index (χ4n) is 2.38. The zero-order valence-electron chi connectivity index (χ0n) is 12.1. The third-order valence-electron chi connectivity index (χ3n) is 3.76. The van der Waals surface area contributed by atoms with Gasteiger partial charge in [0, 0.05) is 23.9 Å². The van der Waals surface area contributed by atoms with E-state index < -0.39 is 0 Å². The molecular weight excluding hydrogens is 264 g/mol. The zero-order chi connectivity index (χ0) is 13.8. The quantitative estimate of drug-likeness (QED) is 0.838. The third kappa shape index (κ3) is 3.68. The number of rotatable bonds is 7. The summed E-state index contributed by atoms with van der Waals surface area (Å²) in [6.07, 6.45) is 5.89. The van der Waals surface area contributed by atoms with Crippen LogP contribution in [-0.2, 0) is 25.8 Å². The third-order valence-corrected chi connectivity index (χ3v) is 4.91. The highest BCUT2D eigenvalue weighted by atomic mass is 32.1. The summed E-state index contributed by atoms with van der Waals surface area (Å²) in [6.45, 7) is 3.22. The molecule has 0 atom stereocenters. The summed E-state index contributed by atoms with van der Waals surface area (Å²) >= 11 is 1.90. The van der Waals surface area contributed by atoms with Crippen LogP contribution in [0.25, 0.3) is 0 Å². The minimum absolute atomic E-state index is 0.773. The second kappa shape index (κ2) is 6.51. The Morgan fingerprint density at radius 1 is 1.20 bits per heavy atom. The SMILES string of the molecule is CCc1nc(CCc2ccccc2)sc1CNC1CC1. The van der Waals surface area contributed by atoms with Gasteiger partial charge in [-0.05, 0) is 31.2 Å². The van der Waals surface area contributed by atoms with Crippen LogP contribution in [-0.4, -0.2) is 11.0 Å². The Kier molecular flexibility index (Phi) is 4.48. The number of aryl methyl sites for hydroxylation is 3. The van der Waals surface area contributed by atoms with Gasteiger partial charge in [-0.15, -0.1) is 11.3 Å². The van der Waals surface area contributed by atoms with Gasteiger partial charge in [0.1, 0.15) is 0 Å². The molecule has 2 nitrogen and oxygen atoms in total. The van der Waals surface area contributed by atoms with Crippen molar-refractivity contribution in [3.63, 3.8) is 0 Å². The maximum Gasteiger partial charge on any atom is 0.0934 e. The fourth-order valence-corrected chi connectivity index (χ4v) is 3.49. The van der Waals surface area contributed by atoms with Crippen LogP contribution in [0.2, 0.25) is 0 Å². The first-order valence-electron chi connectivity index (χ1n) is 7.60. The maximum atomic E-state index is 4.82. The van der Waals surface area contributed by atoms with E-state index in [-0.39, 0.29) is 0 Å². The van der Waals surface area contributed by atoms with Gasteiger partial charge < -0.3 is 5.32 Å². The number of aromatic nitrogens is 1. The Morgan fingerprint density at radius 2 is 2.00 bits per heavy atom. The first-order valence-corrected chi connectivity index (χ1v) is 8.41. The lowest BCUT2D eigenvalue weighted by Crippen LogP contribution is -2.15. The molecule has 0 spiro atoms. The van der Waals surface area contributed by atoms with Crippen molar-refractivity contribution in [3.8, 4) is 0 Å². The molecule has 1 N–H and O–H groups in total. The van der Waals surface area contributed by atoms with E-state index >= 15 is 0 Å². The molecule has 1 fully saturated rings. The van der Waals surface area contributed by atoms with Gasteiger partial charge in [-0.3, -0.25) is 0 Å². The van der Waals surface area contributed by atoms with E-state index in [4.69, 9.17) is 4.98 Å². The molecule has 106 valence electrons. The second-order valence-electron chi connectivity index (χ2n) is 5.47. The van der Waals surface area contributed by atoms with Gasteiger partial charge >= 0.3 is 0 Å². The van der Waals surface area contributed by atoms with Gasteiger partial charge in [-0.25, -0.2) is 4.98 Å². The predicted molar refractivity (Wildman–Crippen MR) is 85.2 cm³/mol. The summed E-state index contributed by atoms with van der Waals surface area (Å²) in [6, 6.07) is 11.5. The van der Waals surface area contributed by atoms with Gasteiger partial charge in [0.15, 0.2) is 0 Å². The van der Waals surface area contributed by atoms with Crippen molar-refractivity contribution in [3.05, 3.63) is 51.5 Å². The van der Waals surface area contributed by atoms with E-state index in [0.29, 0.717) is 0 Å². The Bertz CT molecular complexity index is 543. The van der Waals surface area contributed by atoms with Crippen molar-refractivity contribution in [2.75, 3.05) is 0 Å². The molecule has 20 heavy (non-hydrogen) atoms. The molecule has 0 aliphatic heterocycles. The molecule has 1 saturated carbocycles. The van der Waals surface area contributed by atoms with Gasteiger partial charge in [-0.2, -0.15) is 0 Å². The predicted octanol–water partition coefficient (Wildman–Crippen LogP) is 3.74. The molecule has 0 unspecified atom stereocenters. The normalized spacial score (nSPS) is 14.7. The molecule has 1 aliphatic rings. The van der Waals surface area contributed by atoms with Crippen LogP contribution in [0, 0.1) is 0 Å². The molecule has 0 amide bonds. The van der Waals surface area contributed by atoms with Crippen LogP contribution in [0.4, 0.5) is 0 Å². The fraction of sp³-hybridized carbons (Fsp3) is 0.471. The maximum absolute atomic E-state index is 4.82. The first-order chi connectivity index (χ1) is 9.85. The summed E-state index contributed by atoms with van der Waals surface area (Å²) in [5, 5.41) is 4.90. The van der Waals surface area contributed by atoms with E-state index in [0.717, 1.165) is 31.8 Å². The van der Waals surface area contributed by atoms with E-state index in [9.17, 15) is 0 Å². The van der Waals surface area contributed by atoms with Crippen LogP contribution in [0.15, 0.2) is 30.3 Å². The van der Waals surface area contributed by atoms with Gasteiger partial charge in [0.05, 0.1) is 10.7 Å². The lowest BCUT2D eigenvalue weighted by molar-refractivity contribution is 0.689. The lowest BCUT2D eigenvalue weighted by atomic mass is 10.1. The number of benzene rings is 1. The van der Waals surface area contributed by atoms with Crippen molar-refractivity contribution in [1.29, 1.82) is 0 Å². The number of hydrogen-bond acceptors (Lipinski definition) is 3.